The van der Waals surface area contributed by atoms with Gasteiger partial charge in [0.1, 0.15) is 22.8 Å². The first-order valence-electron chi connectivity index (χ1n) is 15.1. The minimum Gasteiger partial charge on any atom is -0.450 e. The Labute approximate surface area is 257 Å². The molecule has 0 saturated heterocycles. The number of rotatable bonds is 3. The summed E-state index contributed by atoms with van der Waals surface area (Å²) in [5.74, 6) is 0.749. The van der Waals surface area contributed by atoms with Crippen LogP contribution in [0.5, 0.6) is 0 Å². The first-order chi connectivity index (χ1) is 22.3. The average molecular weight is 578 g/mol. The van der Waals surface area contributed by atoms with E-state index in [1.165, 1.54) is 38.1 Å². The van der Waals surface area contributed by atoms with Crippen molar-refractivity contribution in [2.24, 2.45) is 0 Å². The van der Waals surface area contributed by atoms with Gasteiger partial charge in [0.2, 0.25) is 5.58 Å². The van der Waals surface area contributed by atoms with Gasteiger partial charge in [-0.2, -0.15) is 4.57 Å². The van der Waals surface area contributed by atoms with Crippen molar-refractivity contribution in [2.45, 2.75) is 0 Å². The number of fused-ring (bicyclic) bond motifs is 9. The van der Waals surface area contributed by atoms with Gasteiger partial charge in [-0.25, -0.2) is 4.98 Å². The Hall–Kier alpha value is -6.20. The molecule has 0 bridgehead atoms. The first kappa shape index (κ1) is 24.3. The summed E-state index contributed by atoms with van der Waals surface area (Å²) in [5.41, 5.74) is 10.5. The monoisotopic (exact) mass is 577 g/mol. The first-order valence-corrected chi connectivity index (χ1v) is 15.1. The number of H-pyrrole nitrogens is 1. The van der Waals surface area contributed by atoms with Crippen LogP contribution in [0, 0.1) is 0 Å². The molecule has 0 saturated carbocycles. The highest BCUT2D eigenvalue weighted by molar-refractivity contribution is 6.12. The van der Waals surface area contributed by atoms with E-state index in [4.69, 9.17) is 9.40 Å². The number of nitrogens with zero attached hydrogens (tertiary/aromatic N) is 3. The van der Waals surface area contributed by atoms with Crippen LogP contribution in [0.2, 0.25) is 0 Å². The molecule has 210 valence electrons. The summed E-state index contributed by atoms with van der Waals surface area (Å²) >= 11 is 0. The average Bonchev–Trinajstić information content (AvgIpc) is 3.75. The third-order valence-corrected chi connectivity index (χ3v) is 9.05. The molecule has 4 heterocycles. The maximum absolute atomic E-state index is 6.07. The van der Waals surface area contributed by atoms with E-state index in [0.29, 0.717) is 0 Å². The molecule has 1 N–H and O–H groups in total. The maximum atomic E-state index is 6.07. The number of aromatic nitrogens is 4. The second kappa shape index (κ2) is 9.15. The van der Waals surface area contributed by atoms with Crippen molar-refractivity contribution in [1.29, 1.82) is 0 Å². The lowest BCUT2D eigenvalue weighted by Crippen LogP contribution is -2.15. The zero-order chi connectivity index (χ0) is 29.5. The van der Waals surface area contributed by atoms with Crippen LogP contribution in [0.25, 0.3) is 88.4 Å². The van der Waals surface area contributed by atoms with Gasteiger partial charge in [-0.3, -0.25) is 0 Å². The van der Waals surface area contributed by atoms with E-state index in [2.05, 4.69) is 135 Å². The van der Waals surface area contributed by atoms with Gasteiger partial charge < -0.3 is 8.98 Å². The van der Waals surface area contributed by atoms with Crippen molar-refractivity contribution in [3.63, 3.8) is 0 Å². The van der Waals surface area contributed by atoms with Gasteiger partial charge in [-0.15, -0.1) is 0 Å². The topological polar surface area (TPSA) is 50.0 Å². The van der Waals surface area contributed by atoms with Gasteiger partial charge in [-0.1, -0.05) is 89.9 Å². The Morgan fingerprint density at radius 1 is 0.467 bits per heavy atom. The Morgan fingerprint density at radius 3 is 1.93 bits per heavy atom. The van der Waals surface area contributed by atoms with Crippen LogP contribution in [0.1, 0.15) is 0 Å². The standard InChI is InChI=1S/C40H24N4O/c1-2-10-27(11-3-1)43-33-15-7-5-13-29(33)32-22-25(19-21-35(32)43)26-18-20-30-28-12-4-8-16-34(28)44(36(30)23-26)40-41-24-38-39(42-40)31-14-6-9-17-37(31)45-38/h1-24H/p+1. The van der Waals surface area contributed by atoms with Gasteiger partial charge in [0.15, 0.2) is 5.52 Å². The highest BCUT2D eigenvalue weighted by Gasteiger charge is 2.23. The number of furan rings is 1. The van der Waals surface area contributed by atoms with Crippen LogP contribution in [0.4, 0.5) is 0 Å². The maximum Gasteiger partial charge on any atom is 0.402 e. The molecule has 5 heteroatoms. The fraction of sp³-hybridized carbons (Fsp3) is 0. The lowest BCUT2D eigenvalue weighted by atomic mass is 10.0. The predicted octanol–water partition coefficient (Wildman–Crippen LogP) is 9.66. The summed E-state index contributed by atoms with van der Waals surface area (Å²) in [6.45, 7) is 0. The molecule has 6 aromatic carbocycles. The summed E-state index contributed by atoms with van der Waals surface area (Å²) in [6.07, 6.45) is 1.92. The van der Waals surface area contributed by atoms with Crippen LogP contribution in [0.3, 0.4) is 0 Å². The number of aromatic amines is 1. The van der Waals surface area contributed by atoms with E-state index in [9.17, 15) is 0 Å². The molecule has 0 unspecified atom stereocenters. The van der Waals surface area contributed by atoms with Gasteiger partial charge in [0.05, 0.1) is 16.4 Å². The molecule has 10 aromatic rings. The third kappa shape index (κ3) is 3.49. The summed E-state index contributed by atoms with van der Waals surface area (Å²) in [7, 11) is 0. The predicted molar refractivity (Wildman–Crippen MR) is 182 cm³/mol. The summed E-state index contributed by atoms with van der Waals surface area (Å²) in [4.78, 5) is 8.56. The van der Waals surface area contributed by atoms with Crippen molar-refractivity contribution in [3.05, 3.63) is 146 Å². The molecule has 5 nitrogen and oxygen atoms in total. The van der Waals surface area contributed by atoms with E-state index in [0.717, 1.165) is 50.3 Å². The smallest absolute Gasteiger partial charge is 0.402 e. The van der Waals surface area contributed by atoms with Crippen LogP contribution < -0.4 is 4.98 Å². The van der Waals surface area contributed by atoms with Crippen molar-refractivity contribution < 1.29 is 9.40 Å². The summed E-state index contributed by atoms with van der Waals surface area (Å²) in [6, 6.07) is 49.4. The minimum absolute atomic E-state index is 0.740. The number of hydrogen-bond acceptors (Lipinski definition) is 2. The number of nitrogens with one attached hydrogen (secondary N) is 1. The Balaban J connectivity index is 1.21. The van der Waals surface area contributed by atoms with Gasteiger partial charge >= 0.3 is 5.95 Å². The molecule has 0 atom stereocenters. The van der Waals surface area contributed by atoms with Crippen molar-refractivity contribution in [2.75, 3.05) is 0 Å². The van der Waals surface area contributed by atoms with Gasteiger partial charge in [-0.05, 0) is 65.7 Å². The molecular formula is C40H25N4O+. The second-order valence-electron chi connectivity index (χ2n) is 11.5. The third-order valence-electron chi connectivity index (χ3n) is 9.05. The molecule has 4 aromatic heterocycles. The van der Waals surface area contributed by atoms with E-state index in [-0.39, 0.29) is 0 Å². The van der Waals surface area contributed by atoms with Crippen LogP contribution >= 0.6 is 0 Å². The molecule has 10 rings (SSSR count). The SMILES string of the molecule is c1ccc(-n2c3ccccc3c3cc(-c4ccc5c6ccccc6n(-c6nc7c(c[nH+]6)oc6ccccc67)c5c4)ccc32)cc1. The van der Waals surface area contributed by atoms with Crippen LogP contribution in [-0.2, 0) is 0 Å². The van der Waals surface area contributed by atoms with Crippen LogP contribution in [0.15, 0.2) is 150 Å². The van der Waals surface area contributed by atoms with E-state index in [1.807, 2.05) is 24.4 Å². The molecule has 0 aliphatic rings. The molecule has 0 spiro atoms. The highest BCUT2D eigenvalue weighted by atomic mass is 16.3. The molecular weight excluding hydrogens is 552 g/mol. The van der Waals surface area contributed by atoms with E-state index in [1.54, 1.807) is 0 Å². The van der Waals surface area contributed by atoms with E-state index < -0.39 is 0 Å². The molecule has 0 aliphatic carbocycles. The number of para-hydroxylation sites is 4. The van der Waals surface area contributed by atoms with E-state index >= 15 is 0 Å². The fourth-order valence-corrected chi connectivity index (χ4v) is 7.03. The van der Waals surface area contributed by atoms with Gasteiger partial charge in [0, 0.05) is 27.2 Å². The number of benzene rings is 6. The largest absolute Gasteiger partial charge is 0.450 e. The Kier molecular flexibility index (Phi) is 4.93. The fourth-order valence-electron chi connectivity index (χ4n) is 7.03. The summed E-state index contributed by atoms with van der Waals surface area (Å²) in [5, 5.41) is 5.86. The van der Waals surface area contributed by atoms with Crippen molar-refractivity contribution in [1.82, 2.24) is 14.1 Å². The molecule has 0 amide bonds. The lowest BCUT2D eigenvalue weighted by Gasteiger charge is -2.08. The molecule has 45 heavy (non-hydrogen) atoms. The molecule has 0 fully saturated rings. The quantitative estimate of drug-likeness (QED) is 0.210. The molecule has 0 aliphatic heterocycles. The molecule has 0 radical (unpaired) electrons. The number of hydrogen-bond donors (Lipinski definition) is 0. The van der Waals surface area contributed by atoms with Crippen molar-refractivity contribution in [3.8, 4) is 22.8 Å². The minimum atomic E-state index is 0.740. The Bertz CT molecular complexity index is 2770. The second-order valence-corrected chi connectivity index (χ2v) is 11.5. The van der Waals surface area contributed by atoms with Crippen LogP contribution in [-0.4, -0.2) is 14.1 Å². The Morgan fingerprint density at radius 2 is 1.09 bits per heavy atom. The zero-order valence-corrected chi connectivity index (χ0v) is 24.1. The lowest BCUT2D eigenvalue weighted by molar-refractivity contribution is -0.375. The summed E-state index contributed by atoms with van der Waals surface area (Å²) < 4.78 is 10.7. The van der Waals surface area contributed by atoms with Crippen molar-refractivity contribution >= 4 is 65.7 Å². The zero-order valence-electron chi connectivity index (χ0n) is 24.1. The normalized spacial score (nSPS) is 12.0. The highest BCUT2D eigenvalue weighted by Crippen LogP contribution is 2.38. The van der Waals surface area contributed by atoms with Gasteiger partial charge in [0.25, 0.3) is 0 Å².